The van der Waals surface area contributed by atoms with E-state index in [1.165, 1.54) is 56.7 Å². The maximum Gasteiger partial charge on any atom is 0.0916 e. The zero-order chi connectivity index (χ0) is 8.44. The molecule has 0 unspecified atom stereocenters. The molecule has 0 spiro atoms. The van der Waals surface area contributed by atoms with E-state index in [4.69, 9.17) is 5.73 Å². The number of hydrogen-bond donors (Lipinski definition) is 1. The smallest absolute Gasteiger partial charge is 0.0916 e. The minimum absolute atomic E-state index is 0.865. The Morgan fingerprint density at radius 3 is 2.17 bits per heavy atom. The van der Waals surface area contributed by atoms with Gasteiger partial charge in [-0.25, -0.2) is 0 Å². The molecule has 0 aromatic heterocycles. The molecule has 0 radical (unpaired) electrons. The van der Waals surface area contributed by atoms with Gasteiger partial charge in [0.2, 0.25) is 0 Å². The molecule has 3 fully saturated rings. The molecule has 3 aliphatic heterocycles. The molecule has 3 rings (SSSR count). The second-order valence-electron chi connectivity index (χ2n) is 4.22. The monoisotopic (exact) mass is 170 g/mol. The average molecular weight is 170 g/mol. The van der Waals surface area contributed by atoms with Crippen molar-refractivity contribution in [3.05, 3.63) is 0 Å². The third-order valence-electron chi connectivity index (χ3n) is 3.51. The van der Waals surface area contributed by atoms with Gasteiger partial charge in [-0.3, -0.25) is 4.90 Å². The first-order valence-corrected chi connectivity index (χ1v) is 5.12. The molecule has 3 heteroatoms. The SMILES string of the molecule is NCCC[N+]12CCN(CC1)CC2. The Hall–Kier alpha value is -0.120. The van der Waals surface area contributed by atoms with E-state index in [0.29, 0.717) is 0 Å². The number of quaternary nitrogens is 1. The van der Waals surface area contributed by atoms with Gasteiger partial charge in [0, 0.05) is 26.1 Å². The Bertz CT molecular complexity index is 136. The molecule has 70 valence electrons. The lowest BCUT2D eigenvalue weighted by Crippen LogP contribution is -2.67. The molecule has 0 atom stereocenters. The molecule has 3 saturated heterocycles. The Morgan fingerprint density at radius 1 is 1.08 bits per heavy atom. The first kappa shape index (κ1) is 8.48. The van der Waals surface area contributed by atoms with Gasteiger partial charge in [0.05, 0.1) is 26.2 Å². The van der Waals surface area contributed by atoms with Crippen LogP contribution in [0.3, 0.4) is 0 Å². The van der Waals surface area contributed by atoms with Gasteiger partial charge in [-0.1, -0.05) is 0 Å². The molecule has 3 aliphatic rings. The van der Waals surface area contributed by atoms with Crippen LogP contribution in [0.2, 0.25) is 0 Å². The summed E-state index contributed by atoms with van der Waals surface area (Å²) in [5.41, 5.74) is 5.55. The van der Waals surface area contributed by atoms with Crippen LogP contribution in [-0.2, 0) is 0 Å². The van der Waals surface area contributed by atoms with E-state index in [0.717, 1.165) is 6.54 Å². The molecular weight excluding hydrogens is 150 g/mol. The largest absolute Gasteiger partial charge is 0.330 e. The lowest BCUT2D eigenvalue weighted by molar-refractivity contribution is -0.941. The summed E-state index contributed by atoms with van der Waals surface area (Å²) in [4.78, 5) is 2.59. The minimum Gasteiger partial charge on any atom is -0.330 e. The Labute approximate surface area is 74.7 Å². The van der Waals surface area contributed by atoms with Crippen molar-refractivity contribution in [1.29, 1.82) is 0 Å². The van der Waals surface area contributed by atoms with Crippen LogP contribution in [0.5, 0.6) is 0 Å². The third-order valence-corrected chi connectivity index (χ3v) is 3.51. The molecule has 3 nitrogen and oxygen atoms in total. The summed E-state index contributed by atoms with van der Waals surface area (Å²) in [6, 6.07) is 0. The lowest BCUT2D eigenvalue weighted by atomic mass is 10.1. The van der Waals surface area contributed by atoms with E-state index in [1.54, 1.807) is 0 Å². The van der Waals surface area contributed by atoms with Crippen molar-refractivity contribution in [3.8, 4) is 0 Å². The van der Waals surface area contributed by atoms with Gasteiger partial charge >= 0.3 is 0 Å². The van der Waals surface area contributed by atoms with E-state index in [-0.39, 0.29) is 0 Å². The molecule has 0 amide bonds. The van der Waals surface area contributed by atoms with Crippen LogP contribution in [0.15, 0.2) is 0 Å². The summed E-state index contributed by atoms with van der Waals surface area (Å²) in [6.45, 7) is 10.3. The lowest BCUT2D eigenvalue weighted by Gasteiger charge is -2.50. The van der Waals surface area contributed by atoms with Crippen molar-refractivity contribution in [2.45, 2.75) is 6.42 Å². The van der Waals surface area contributed by atoms with Gasteiger partial charge in [-0.2, -0.15) is 0 Å². The molecule has 0 aromatic carbocycles. The zero-order valence-electron chi connectivity index (χ0n) is 7.84. The maximum atomic E-state index is 5.55. The van der Waals surface area contributed by atoms with Gasteiger partial charge in [0.1, 0.15) is 0 Å². The van der Waals surface area contributed by atoms with E-state index in [2.05, 4.69) is 4.90 Å². The second kappa shape index (κ2) is 3.32. The summed E-state index contributed by atoms with van der Waals surface area (Å²) >= 11 is 0. The third kappa shape index (κ3) is 1.49. The minimum atomic E-state index is 0.865. The molecule has 2 N–H and O–H groups in total. The number of nitrogens with zero attached hydrogens (tertiary/aromatic N) is 2. The van der Waals surface area contributed by atoms with E-state index < -0.39 is 0 Å². The van der Waals surface area contributed by atoms with E-state index >= 15 is 0 Å². The van der Waals surface area contributed by atoms with Crippen molar-refractivity contribution in [2.24, 2.45) is 5.73 Å². The first-order chi connectivity index (χ1) is 5.85. The predicted molar refractivity (Wildman–Crippen MR) is 49.8 cm³/mol. The molecule has 2 bridgehead atoms. The fourth-order valence-corrected chi connectivity index (χ4v) is 2.49. The topological polar surface area (TPSA) is 29.3 Å². The van der Waals surface area contributed by atoms with Crippen LogP contribution in [0.25, 0.3) is 0 Å². The Balaban J connectivity index is 1.90. The summed E-state index contributed by atoms with van der Waals surface area (Å²) in [7, 11) is 0. The van der Waals surface area contributed by atoms with Gasteiger partial charge < -0.3 is 10.2 Å². The van der Waals surface area contributed by atoms with Gasteiger partial charge in [0.15, 0.2) is 0 Å². The highest BCUT2D eigenvalue weighted by Crippen LogP contribution is 2.19. The van der Waals surface area contributed by atoms with E-state index in [9.17, 15) is 0 Å². The van der Waals surface area contributed by atoms with Crippen LogP contribution >= 0.6 is 0 Å². The molecular formula is C9H20N3+. The van der Waals surface area contributed by atoms with Crippen LogP contribution in [0, 0.1) is 0 Å². The van der Waals surface area contributed by atoms with Crippen LogP contribution in [-0.4, -0.2) is 61.7 Å². The van der Waals surface area contributed by atoms with Gasteiger partial charge in [-0.15, -0.1) is 0 Å². The highest BCUT2D eigenvalue weighted by molar-refractivity contribution is 4.70. The summed E-state index contributed by atoms with van der Waals surface area (Å²) < 4.78 is 1.37. The fraction of sp³-hybridized carbons (Fsp3) is 1.00. The second-order valence-corrected chi connectivity index (χ2v) is 4.22. The number of rotatable bonds is 3. The Morgan fingerprint density at radius 2 is 1.67 bits per heavy atom. The molecule has 0 aromatic rings. The van der Waals surface area contributed by atoms with Crippen molar-refractivity contribution < 1.29 is 4.48 Å². The van der Waals surface area contributed by atoms with Gasteiger partial charge in [-0.05, 0) is 6.54 Å². The summed E-state index contributed by atoms with van der Waals surface area (Å²) in [6.07, 6.45) is 1.21. The molecule has 12 heavy (non-hydrogen) atoms. The molecule has 3 heterocycles. The standard InChI is InChI=1S/C9H20N3/c10-2-1-6-12-7-3-11(4-8-12)5-9-12/h1-10H2/q+1. The van der Waals surface area contributed by atoms with Crippen LogP contribution < -0.4 is 5.73 Å². The van der Waals surface area contributed by atoms with Crippen molar-refractivity contribution in [3.63, 3.8) is 0 Å². The van der Waals surface area contributed by atoms with Gasteiger partial charge in [0.25, 0.3) is 0 Å². The summed E-state index contributed by atoms with van der Waals surface area (Å²) in [5.74, 6) is 0. The first-order valence-electron chi connectivity index (χ1n) is 5.12. The molecule has 0 aliphatic carbocycles. The van der Waals surface area contributed by atoms with Crippen molar-refractivity contribution in [2.75, 3.05) is 52.4 Å². The normalized spacial score (nSPS) is 40.2. The van der Waals surface area contributed by atoms with E-state index in [1.807, 2.05) is 0 Å². The quantitative estimate of drug-likeness (QED) is 0.578. The van der Waals surface area contributed by atoms with Crippen LogP contribution in [0.4, 0.5) is 0 Å². The highest BCUT2D eigenvalue weighted by Gasteiger charge is 2.37. The maximum absolute atomic E-state index is 5.55. The highest BCUT2D eigenvalue weighted by atomic mass is 15.4. The Kier molecular flexibility index (Phi) is 2.35. The fourth-order valence-electron chi connectivity index (χ4n) is 2.49. The van der Waals surface area contributed by atoms with Crippen LogP contribution in [0.1, 0.15) is 6.42 Å². The molecule has 0 saturated carbocycles. The number of fused-ring (bicyclic) bond motifs is 3. The van der Waals surface area contributed by atoms with Crippen molar-refractivity contribution >= 4 is 0 Å². The zero-order valence-corrected chi connectivity index (χ0v) is 7.84. The predicted octanol–water partition coefficient (Wildman–Crippen LogP) is -0.519. The number of piperazine rings is 3. The number of nitrogens with two attached hydrogens (primary N) is 1. The van der Waals surface area contributed by atoms with Crippen molar-refractivity contribution in [1.82, 2.24) is 4.90 Å². The number of hydrogen-bond acceptors (Lipinski definition) is 2. The summed E-state index contributed by atoms with van der Waals surface area (Å²) in [5, 5.41) is 0. The average Bonchev–Trinajstić information content (AvgIpc) is 2.18.